The summed E-state index contributed by atoms with van der Waals surface area (Å²) in [5.41, 5.74) is 5.42. The molecule has 1 unspecified atom stereocenters. The molecule has 0 spiro atoms. The van der Waals surface area contributed by atoms with E-state index in [1.807, 2.05) is 0 Å². The number of hydrogen-bond donors (Lipinski definition) is 2. The second kappa shape index (κ2) is 6.23. The molecule has 1 aliphatic rings. The minimum atomic E-state index is -0.875. The molecule has 0 radical (unpaired) electrons. The summed E-state index contributed by atoms with van der Waals surface area (Å²) < 4.78 is 0. The van der Waals surface area contributed by atoms with Crippen LogP contribution in [0.3, 0.4) is 0 Å². The van der Waals surface area contributed by atoms with Gasteiger partial charge in [0.2, 0.25) is 0 Å². The molecular formula is C10H17NO2Se. The third-order valence-electron chi connectivity index (χ3n) is 2.29. The molecule has 3 N–H and O–H groups in total. The molecule has 2 atom stereocenters. The Hall–Kier alpha value is -0.311. The van der Waals surface area contributed by atoms with E-state index >= 15 is 0 Å². The molecule has 0 aromatic rings. The number of rotatable bonds is 5. The van der Waals surface area contributed by atoms with E-state index in [0.717, 1.165) is 10.1 Å². The standard InChI is InChI=1S/C10H17NO2Se/c11-9(10(12)13)6-7-14-8-4-2-1-3-5-8/h2,4,8-9H,1,3,5-7,11H2,(H,12,13)/t8?,9-/m0/s1. The monoisotopic (exact) mass is 263 g/mol. The molecule has 3 nitrogen and oxygen atoms in total. The molecule has 14 heavy (non-hydrogen) atoms. The summed E-state index contributed by atoms with van der Waals surface area (Å²) in [7, 11) is 0. The SMILES string of the molecule is N[C@@H](CC[Se]C1C=CCCC1)C(=O)O. The van der Waals surface area contributed by atoms with Gasteiger partial charge in [-0.2, -0.15) is 0 Å². The number of carbonyl (C=O) groups is 1. The molecule has 80 valence electrons. The first-order chi connectivity index (χ1) is 6.70. The van der Waals surface area contributed by atoms with Gasteiger partial charge in [0, 0.05) is 0 Å². The Balaban J connectivity index is 2.11. The average Bonchev–Trinajstić information content (AvgIpc) is 2.19. The van der Waals surface area contributed by atoms with Crippen molar-refractivity contribution in [2.75, 3.05) is 0 Å². The van der Waals surface area contributed by atoms with Crippen molar-refractivity contribution in [1.29, 1.82) is 0 Å². The average molecular weight is 262 g/mol. The summed E-state index contributed by atoms with van der Waals surface area (Å²) in [5.74, 6) is -0.875. The molecule has 0 bridgehead atoms. The van der Waals surface area contributed by atoms with Crippen LogP contribution in [0.5, 0.6) is 0 Å². The van der Waals surface area contributed by atoms with Crippen LogP contribution in [0.1, 0.15) is 25.7 Å². The van der Waals surface area contributed by atoms with Gasteiger partial charge in [-0.3, -0.25) is 0 Å². The molecule has 0 saturated heterocycles. The molecule has 0 aromatic heterocycles. The van der Waals surface area contributed by atoms with Crippen molar-refractivity contribution >= 4 is 20.9 Å². The van der Waals surface area contributed by atoms with Crippen LogP contribution in [0.15, 0.2) is 12.2 Å². The number of nitrogens with two attached hydrogens (primary N) is 1. The summed E-state index contributed by atoms with van der Waals surface area (Å²) in [4.78, 5) is 11.2. The van der Waals surface area contributed by atoms with Crippen LogP contribution in [0.25, 0.3) is 0 Å². The third kappa shape index (κ3) is 4.27. The van der Waals surface area contributed by atoms with E-state index in [4.69, 9.17) is 10.8 Å². The fourth-order valence-electron chi connectivity index (χ4n) is 1.39. The quantitative estimate of drug-likeness (QED) is 0.582. The number of allylic oxidation sites excluding steroid dienone is 2. The Morgan fingerprint density at radius 2 is 2.50 bits per heavy atom. The van der Waals surface area contributed by atoms with Crippen LogP contribution in [0.4, 0.5) is 0 Å². The first kappa shape index (κ1) is 11.8. The number of hydrogen-bond acceptors (Lipinski definition) is 2. The zero-order valence-corrected chi connectivity index (χ0v) is 9.90. The molecule has 0 saturated carbocycles. The van der Waals surface area contributed by atoms with E-state index in [1.54, 1.807) is 0 Å². The van der Waals surface area contributed by atoms with E-state index in [1.165, 1.54) is 19.3 Å². The van der Waals surface area contributed by atoms with E-state index in [0.29, 0.717) is 21.4 Å². The second-order valence-electron chi connectivity index (χ2n) is 3.50. The molecule has 0 amide bonds. The molecule has 0 heterocycles. The normalized spacial score (nSPS) is 23.4. The predicted molar refractivity (Wildman–Crippen MR) is 57.5 cm³/mol. The van der Waals surface area contributed by atoms with Crippen LogP contribution in [-0.4, -0.2) is 32.1 Å². The number of aliphatic carboxylic acids is 1. The number of carboxylic acids is 1. The maximum absolute atomic E-state index is 10.4. The number of carboxylic acid groups (broad SMARTS) is 1. The summed E-state index contributed by atoms with van der Waals surface area (Å²) >= 11 is 0.532. The van der Waals surface area contributed by atoms with Crippen LogP contribution in [-0.2, 0) is 4.79 Å². The Labute approximate surface area is 90.9 Å². The maximum atomic E-state index is 10.4. The molecule has 4 heteroatoms. The van der Waals surface area contributed by atoms with Crippen molar-refractivity contribution in [3.05, 3.63) is 12.2 Å². The van der Waals surface area contributed by atoms with Gasteiger partial charge in [-0.05, 0) is 0 Å². The summed E-state index contributed by atoms with van der Waals surface area (Å²) in [6, 6.07) is -0.663. The van der Waals surface area contributed by atoms with Crippen molar-refractivity contribution < 1.29 is 9.90 Å². The van der Waals surface area contributed by atoms with Gasteiger partial charge in [-0.15, -0.1) is 0 Å². The summed E-state index contributed by atoms with van der Waals surface area (Å²) in [6.07, 6.45) is 8.93. The van der Waals surface area contributed by atoms with Gasteiger partial charge in [0.15, 0.2) is 0 Å². The first-order valence-corrected chi connectivity index (χ1v) is 7.17. The Bertz CT molecular complexity index is 218. The summed E-state index contributed by atoms with van der Waals surface area (Å²) in [6.45, 7) is 0. The predicted octanol–water partition coefficient (Wildman–Crippen LogP) is 1.44. The molecule has 0 aliphatic heterocycles. The molecule has 1 aliphatic carbocycles. The van der Waals surface area contributed by atoms with E-state index < -0.39 is 12.0 Å². The second-order valence-corrected chi connectivity index (χ2v) is 6.33. The third-order valence-corrected chi connectivity index (χ3v) is 5.00. The van der Waals surface area contributed by atoms with E-state index in [2.05, 4.69) is 12.2 Å². The van der Waals surface area contributed by atoms with Crippen LogP contribution in [0.2, 0.25) is 10.1 Å². The Kier molecular flexibility index (Phi) is 5.23. The van der Waals surface area contributed by atoms with Gasteiger partial charge >= 0.3 is 90.6 Å². The Morgan fingerprint density at radius 1 is 1.71 bits per heavy atom. The van der Waals surface area contributed by atoms with Crippen LogP contribution >= 0.6 is 0 Å². The van der Waals surface area contributed by atoms with E-state index in [9.17, 15) is 4.79 Å². The van der Waals surface area contributed by atoms with Crippen molar-refractivity contribution in [1.82, 2.24) is 0 Å². The van der Waals surface area contributed by atoms with Gasteiger partial charge in [-0.25, -0.2) is 0 Å². The van der Waals surface area contributed by atoms with Gasteiger partial charge in [0.05, 0.1) is 0 Å². The van der Waals surface area contributed by atoms with Gasteiger partial charge in [-0.1, -0.05) is 0 Å². The first-order valence-electron chi connectivity index (χ1n) is 4.97. The van der Waals surface area contributed by atoms with Crippen LogP contribution < -0.4 is 5.73 Å². The molecule has 1 rings (SSSR count). The molecular weight excluding hydrogens is 245 g/mol. The van der Waals surface area contributed by atoms with Crippen molar-refractivity contribution in [3.8, 4) is 0 Å². The van der Waals surface area contributed by atoms with Crippen molar-refractivity contribution in [3.63, 3.8) is 0 Å². The van der Waals surface area contributed by atoms with Crippen LogP contribution in [0, 0.1) is 0 Å². The van der Waals surface area contributed by atoms with Gasteiger partial charge in [0.1, 0.15) is 0 Å². The minimum absolute atomic E-state index is 0.532. The molecule has 0 aromatic carbocycles. The fourth-order valence-corrected chi connectivity index (χ4v) is 4.01. The summed E-state index contributed by atoms with van der Waals surface area (Å²) in [5, 5.41) is 9.57. The van der Waals surface area contributed by atoms with Gasteiger partial charge in [0.25, 0.3) is 0 Å². The topological polar surface area (TPSA) is 63.3 Å². The fraction of sp³-hybridized carbons (Fsp3) is 0.700. The molecule has 0 fully saturated rings. The van der Waals surface area contributed by atoms with Crippen molar-refractivity contribution in [2.24, 2.45) is 5.73 Å². The zero-order chi connectivity index (χ0) is 10.4. The van der Waals surface area contributed by atoms with Gasteiger partial charge < -0.3 is 0 Å². The Morgan fingerprint density at radius 3 is 3.07 bits per heavy atom. The zero-order valence-electron chi connectivity index (χ0n) is 8.19. The van der Waals surface area contributed by atoms with E-state index in [-0.39, 0.29) is 0 Å². The van der Waals surface area contributed by atoms with Crippen molar-refractivity contribution in [2.45, 2.75) is 41.9 Å².